The Morgan fingerprint density at radius 2 is 1.78 bits per heavy atom. The Balaban J connectivity index is 1.48. The first-order valence-electron chi connectivity index (χ1n) is 12.1. The summed E-state index contributed by atoms with van der Waals surface area (Å²) < 4.78 is 5.90. The van der Waals surface area contributed by atoms with E-state index in [2.05, 4.69) is 79.5 Å². The van der Waals surface area contributed by atoms with Gasteiger partial charge in [0.1, 0.15) is 11.4 Å². The van der Waals surface area contributed by atoms with E-state index in [-0.39, 0.29) is 11.3 Å². The summed E-state index contributed by atoms with van der Waals surface area (Å²) in [4.78, 5) is 14.9. The smallest absolute Gasteiger partial charge is 0.223 e. The fourth-order valence-corrected chi connectivity index (χ4v) is 5.11. The number of carbonyl (C=O) groups is 1. The van der Waals surface area contributed by atoms with Crippen LogP contribution in [0.1, 0.15) is 70.4 Å². The Labute approximate surface area is 192 Å². The molecule has 1 N–H and O–H groups in total. The van der Waals surface area contributed by atoms with E-state index >= 15 is 0 Å². The quantitative estimate of drug-likeness (QED) is 0.490. The van der Waals surface area contributed by atoms with Gasteiger partial charge in [-0.2, -0.15) is 0 Å². The number of hydrogen-bond acceptors (Lipinski definition) is 3. The first kappa shape index (κ1) is 22.4. The molecule has 2 aliphatic rings. The number of hydrogen-bond donors (Lipinski definition) is 1. The van der Waals surface area contributed by atoms with E-state index < -0.39 is 5.66 Å². The minimum atomic E-state index is -0.570. The second-order valence-electron chi connectivity index (χ2n) is 9.52. The molecule has 0 aromatic heterocycles. The summed E-state index contributed by atoms with van der Waals surface area (Å²) in [5, 5.41) is 3.33. The zero-order valence-corrected chi connectivity index (χ0v) is 19.7. The molecular weight excluding hydrogens is 396 g/mol. The zero-order valence-electron chi connectivity index (χ0n) is 19.7. The molecule has 1 amide bonds. The molecule has 170 valence electrons. The zero-order chi connectivity index (χ0) is 22.6. The number of para-hydroxylation sites is 1. The van der Waals surface area contributed by atoms with Crippen LogP contribution < -0.4 is 15.0 Å². The first-order valence-corrected chi connectivity index (χ1v) is 12.1. The number of benzene rings is 2. The van der Waals surface area contributed by atoms with Gasteiger partial charge < -0.3 is 15.0 Å². The maximum Gasteiger partial charge on any atom is 0.223 e. The molecule has 4 nitrogen and oxygen atoms in total. The number of rotatable bonds is 9. The molecule has 0 bridgehead atoms. The summed E-state index contributed by atoms with van der Waals surface area (Å²) >= 11 is 0. The third kappa shape index (κ3) is 4.15. The summed E-state index contributed by atoms with van der Waals surface area (Å²) in [7, 11) is 0. The largest absolute Gasteiger partial charge is 0.494 e. The minimum Gasteiger partial charge on any atom is -0.494 e. The molecule has 0 radical (unpaired) electrons. The summed E-state index contributed by atoms with van der Waals surface area (Å²) in [6.07, 6.45) is 11.0. The molecule has 2 aliphatic heterocycles. The molecule has 1 unspecified atom stereocenters. The fourth-order valence-electron chi connectivity index (χ4n) is 5.11. The number of fused-ring (bicyclic) bond motifs is 3. The van der Waals surface area contributed by atoms with E-state index in [1.54, 1.807) is 0 Å². The second kappa shape index (κ2) is 9.40. The number of nitrogens with one attached hydrogen (secondary N) is 1. The van der Waals surface area contributed by atoms with Gasteiger partial charge in [0.2, 0.25) is 5.91 Å². The number of nitrogens with zero attached hydrogens (tertiary/aromatic N) is 1. The van der Waals surface area contributed by atoms with Crippen LogP contribution in [-0.4, -0.2) is 24.7 Å². The van der Waals surface area contributed by atoms with Crippen molar-refractivity contribution in [3.63, 3.8) is 0 Å². The highest BCUT2D eigenvalue weighted by Crippen LogP contribution is 2.52. The highest BCUT2D eigenvalue weighted by atomic mass is 16.5. The van der Waals surface area contributed by atoms with E-state index in [1.807, 2.05) is 12.1 Å². The van der Waals surface area contributed by atoms with Gasteiger partial charge in [-0.25, -0.2) is 0 Å². The van der Waals surface area contributed by atoms with Gasteiger partial charge in [0.05, 0.1) is 6.61 Å². The molecule has 4 rings (SSSR count). The first-order chi connectivity index (χ1) is 15.5. The molecule has 32 heavy (non-hydrogen) atoms. The van der Waals surface area contributed by atoms with Crippen molar-refractivity contribution in [2.45, 2.75) is 70.4 Å². The highest BCUT2D eigenvalue weighted by molar-refractivity contribution is 5.84. The van der Waals surface area contributed by atoms with Gasteiger partial charge in [0.25, 0.3) is 0 Å². The van der Waals surface area contributed by atoms with Crippen LogP contribution in [0.5, 0.6) is 5.75 Å². The Hall–Kier alpha value is -2.75. The van der Waals surface area contributed by atoms with Crippen molar-refractivity contribution in [2.24, 2.45) is 0 Å². The van der Waals surface area contributed by atoms with E-state index in [4.69, 9.17) is 4.74 Å². The Morgan fingerprint density at radius 3 is 2.56 bits per heavy atom. The summed E-state index contributed by atoms with van der Waals surface area (Å²) in [6.45, 7) is 8.17. The average molecular weight is 433 g/mol. The number of amides is 1. The lowest BCUT2D eigenvalue weighted by molar-refractivity contribution is -0.124. The van der Waals surface area contributed by atoms with Crippen LogP contribution in [0.4, 0.5) is 5.69 Å². The lowest BCUT2D eigenvalue weighted by atomic mass is 9.74. The van der Waals surface area contributed by atoms with Gasteiger partial charge in [0.15, 0.2) is 0 Å². The molecule has 1 fully saturated rings. The van der Waals surface area contributed by atoms with Crippen LogP contribution in [-0.2, 0) is 10.2 Å². The lowest BCUT2D eigenvalue weighted by Gasteiger charge is -2.49. The molecule has 2 aromatic carbocycles. The molecule has 2 aromatic rings. The van der Waals surface area contributed by atoms with Crippen molar-refractivity contribution in [3.8, 4) is 5.75 Å². The third-order valence-electron chi connectivity index (χ3n) is 7.05. The molecule has 0 saturated carbocycles. The van der Waals surface area contributed by atoms with E-state index in [0.717, 1.165) is 30.9 Å². The lowest BCUT2D eigenvalue weighted by Crippen LogP contribution is -2.68. The Bertz CT molecular complexity index is 964. The minimum absolute atomic E-state index is 0.106. The van der Waals surface area contributed by atoms with E-state index in [0.29, 0.717) is 6.42 Å². The summed E-state index contributed by atoms with van der Waals surface area (Å²) in [5.41, 5.74) is 2.76. The molecule has 2 heterocycles. The normalized spacial score (nSPS) is 21.3. The Morgan fingerprint density at radius 1 is 1.03 bits per heavy atom. The standard InChI is InChI=1S/C28H36N2O2/c1-4-5-6-7-10-21-32-23-15-13-22(14-16-23)17-19-28-27(2,3)24-11-8-9-12-25(24)30(28)20-18-26(31)29-28/h8-9,11-17,19H,4-7,10,18,20-21H2,1-3H3,(H,29,31). The summed E-state index contributed by atoms with van der Waals surface area (Å²) in [5.74, 6) is 1.02. The molecule has 0 spiro atoms. The monoisotopic (exact) mass is 432 g/mol. The predicted molar refractivity (Wildman–Crippen MR) is 132 cm³/mol. The van der Waals surface area contributed by atoms with Crippen LogP contribution in [0.15, 0.2) is 54.6 Å². The molecule has 4 heteroatoms. The van der Waals surface area contributed by atoms with Gasteiger partial charge in [-0.05, 0) is 41.8 Å². The average Bonchev–Trinajstić information content (AvgIpc) is 2.99. The van der Waals surface area contributed by atoms with Crippen LogP contribution in [0.2, 0.25) is 0 Å². The Kier molecular flexibility index (Phi) is 6.59. The fraction of sp³-hybridized carbons (Fsp3) is 0.464. The maximum atomic E-state index is 12.5. The summed E-state index contributed by atoms with van der Waals surface area (Å²) in [6, 6.07) is 16.8. The van der Waals surface area contributed by atoms with Crippen LogP contribution in [0.3, 0.4) is 0 Å². The molecule has 0 aliphatic carbocycles. The number of unbranched alkanes of at least 4 members (excludes halogenated alkanes) is 4. The van der Waals surface area contributed by atoms with Crippen LogP contribution in [0, 0.1) is 0 Å². The van der Waals surface area contributed by atoms with Gasteiger partial charge in [0, 0.05) is 24.1 Å². The van der Waals surface area contributed by atoms with E-state index in [9.17, 15) is 4.79 Å². The maximum absolute atomic E-state index is 12.5. The molecule has 1 atom stereocenters. The van der Waals surface area contributed by atoms with Gasteiger partial charge in [-0.3, -0.25) is 4.79 Å². The van der Waals surface area contributed by atoms with Crippen LogP contribution in [0.25, 0.3) is 6.08 Å². The highest BCUT2D eigenvalue weighted by Gasteiger charge is 2.57. The van der Waals surface area contributed by atoms with Crippen molar-refractivity contribution in [1.29, 1.82) is 0 Å². The van der Waals surface area contributed by atoms with Crippen molar-refractivity contribution in [3.05, 3.63) is 65.7 Å². The SMILES string of the molecule is CCCCCCCOc1ccc(C=CC23NC(=O)CCN2c2ccccc2C3(C)C)cc1. The van der Waals surface area contributed by atoms with Gasteiger partial charge in [-0.15, -0.1) is 0 Å². The van der Waals surface area contributed by atoms with Gasteiger partial charge >= 0.3 is 0 Å². The number of ether oxygens (including phenoxy) is 1. The second-order valence-corrected chi connectivity index (χ2v) is 9.52. The third-order valence-corrected chi connectivity index (χ3v) is 7.05. The van der Waals surface area contributed by atoms with Crippen LogP contribution >= 0.6 is 0 Å². The van der Waals surface area contributed by atoms with Crippen molar-refractivity contribution in [1.82, 2.24) is 5.32 Å². The van der Waals surface area contributed by atoms with E-state index in [1.165, 1.54) is 36.9 Å². The number of carbonyl (C=O) groups excluding carboxylic acids is 1. The number of anilines is 1. The van der Waals surface area contributed by atoms with Crippen molar-refractivity contribution < 1.29 is 9.53 Å². The molecular formula is C28H36N2O2. The van der Waals surface area contributed by atoms with Crippen molar-refractivity contribution >= 4 is 17.7 Å². The van der Waals surface area contributed by atoms with Gasteiger partial charge in [-0.1, -0.05) is 82.9 Å². The topological polar surface area (TPSA) is 41.6 Å². The predicted octanol–water partition coefficient (Wildman–Crippen LogP) is 6.06. The van der Waals surface area contributed by atoms with Crippen molar-refractivity contribution in [2.75, 3.05) is 18.1 Å². The molecule has 1 saturated heterocycles.